The molecule has 0 N–H and O–H groups in total. The van der Waals surface area contributed by atoms with Gasteiger partial charge < -0.3 is 9.64 Å². The number of hydrogen-bond acceptors (Lipinski definition) is 6. The number of nitrogens with zero attached hydrogens (tertiary/aromatic N) is 6. The zero-order chi connectivity index (χ0) is 20.2. The molecule has 4 heterocycles. The Morgan fingerprint density at radius 2 is 1.97 bits per heavy atom. The smallest absolute Gasteiger partial charge is 0.184 e. The molecule has 0 amide bonds. The van der Waals surface area contributed by atoms with E-state index in [9.17, 15) is 0 Å². The number of rotatable bonds is 3. The zero-order valence-corrected chi connectivity index (χ0v) is 17.8. The molecule has 3 aromatic rings. The van der Waals surface area contributed by atoms with E-state index in [2.05, 4.69) is 36.0 Å². The molecule has 2 aliphatic heterocycles. The summed E-state index contributed by atoms with van der Waals surface area (Å²) >= 11 is 6.37. The lowest BCUT2D eigenvalue weighted by atomic mass is 9.85. The lowest BCUT2D eigenvalue weighted by Gasteiger charge is -2.37. The Labute approximate surface area is 175 Å². The largest absolute Gasteiger partial charge is 0.380 e. The maximum absolute atomic E-state index is 6.37. The van der Waals surface area contributed by atoms with Crippen LogP contribution in [0.15, 0.2) is 24.3 Å². The van der Waals surface area contributed by atoms with Crippen molar-refractivity contribution in [1.82, 2.24) is 25.0 Å². The van der Waals surface area contributed by atoms with Crippen molar-refractivity contribution in [3.05, 3.63) is 40.7 Å². The Hall–Kier alpha value is -2.25. The summed E-state index contributed by atoms with van der Waals surface area (Å²) in [6, 6.07) is 7.80. The third-order valence-corrected chi connectivity index (χ3v) is 6.22. The first-order chi connectivity index (χ1) is 13.8. The summed E-state index contributed by atoms with van der Waals surface area (Å²) in [5, 5.41) is 9.60. The molecule has 2 fully saturated rings. The van der Waals surface area contributed by atoms with Crippen molar-refractivity contribution in [2.24, 2.45) is 5.41 Å². The van der Waals surface area contributed by atoms with Gasteiger partial charge in [0.25, 0.3) is 0 Å². The van der Waals surface area contributed by atoms with Crippen LogP contribution in [0.3, 0.4) is 0 Å². The summed E-state index contributed by atoms with van der Waals surface area (Å²) in [5.41, 5.74) is 2.59. The standard InChI is InChI=1S/C21H25ClN6O/c1-20(2,3)19-23-17(27-9-8-21(11-27)12-29-13-21)16-18(24-19)28(26-25-16)10-14-6-4-5-7-15(14)22/h4-7H,8-13H2,1-3H3. The van der Waals surface area contributed by atoms with E-state index in [1.54, 1.807) is 0 Å². The first-order valence-electron chi connectivity index (χ1n) is 10.0. The second-order valence-corrected chi connectivity index (χ2v) is 9.70. The maximum atomic E-state index is 6.37. The van der Waals surface area contributed by atoms with Crippen LogP contribution in [0.2, 0.25) is 5.02 Å². The zero-order valence-electron chi connectivity index (χ0n) is 17.0. The van der Waals surface area contributed by atoms with Gasteiger partial charge in [0.15, 0.2) is 17.0 Å². The first kappa shape index (κ1) is 18.8. The fourth-order valence-electron chi connectivity index (χ4n) is 4.03. The summed E-state index contributed by atoms with van der Waals surface area (Å²) in [4.78, 5) is 12.1. The SMILES string of the molecule is CC(C)(C)c1nc(N2CCC3(COC3)C2)c2nnn(Cc3ccccc3Cl)c2n1. The highest BCUT2D eigenvalue weighted by Crippen LogP contribution is 2.40. The van der Waals surface area contributed by atoms with E-state index in [-0.39, 0.29) is 10.8 Å². The van der Waals surface area contributed by atoms with Crippen molar-refractivity contribution >= 4 is 28.6 Å². The monoisotopic (exact) mass is 412 g/mol. The maximum Gasteiger partial charge on any atom is 0.184 e. The predicted molar refractivity (Wildman–Crippen MR) is 112 cm³/mol. The van der Waals surface area contributed by atoms with Gasteiger partial charge in [0.1, 0.15) is 5.82 Å². The molecule has 0 unspecified atom stereocenters. The Bertz CT molecular complexity index is 1070. The van der Waals surface area contributed by atoms with Gasteiger partial charge >= 0.3 is 0 Å². The Morgan fingerprint density at radius 1 is 1.17 bits per heavy atom. The third kappa shape index (κ3) is 3.26. The highest BCUT2D eigenvalue weighted by Gasteiger charge is 2.45. The van der Waals surface area contributed by atoms with E-state index in [1.807, 2.05) is 28.9 Å². The molecule has 152 valence electrons. The van der Waals surface area contributed by atoms with E-state index < -0.39 is 0 Å². The molecule has 8 heteroatoms. The van der Waals surface area contributed by atoms with Crippen LogP contribution < -0.4 is 4.90 Å². The summed E-state index contributed by atoms with van der Waals surface area (Å²) in [5.74, 6) is 1.68. The van der Waals surface area contributed by atoms with Crippen LogP contribution in [0.5, 0.6) is 0 Å². The normalized spacial score (nSPS) is 18.6. The van der Waals surface area contributed by atoms with E-state index in [0.29, 0.717) is 11.6 Å². The molecule has 2 aliphatic rings. The third-order valence-electron chi connectivity index (χ3n) is 5.85. The second-order valence-electron chi connectivity index (χ2n) is 9.30. The van der Waals surface area contributed by atoms with Gasteiger partial charge in [0.2, 0.25) is 0 Å². The quantitative estimate of drug-likeness (QED) is 0.656. The lowest BCUT2D eigenvalue weighted by molar-refractivity contribution is -0.0985. The fourth-order valence-corrected chi connectivity index (χ4v) is 4.23. The molecule has 2 saturated heterocycles. The number of benzene rings is 1. The molecular weight excluding hydrogens is 388 g/mol. The molecule has 1 spiro atoms. The number of fused-ring (bicyclic) bond motifs is 1. The van der Waals surface area contributed by atoms with Crippen molar-refractivity contribution in [1.29, 1.82) is 0 Å². The molecule has 5 rings (SSSR count). The molecule has 0 atom stereocenters. The van der Waals surface area contributed by atoms with Gasteiger partial charge in [-0.1, -0.05) is 55.8 Å². The van der Waals surface area contributed by atoms with E-state index in [1.165, 1.54) is 0 Å². The van der Waals surface area contributed by atoms with Gasteiger partial charge in [0, 0.05) is 28.9 Å². The number of aromatic nitrogens is 5. The average Bonchev–Trinajstić information content (AvgIpc) is 3.27. The highest BCUT2D eigenvalue weighted by molar-refractivity contribution is 6.31. The van der Waals surface area contributed by atoms with E-state index in [0.717, 1.165) is 61.1 Å². The van der Waals surface area contributed by atoms with Crippen molar-refractivity contribution < 1.29 is 4.74 Å². The minimum Gasteiger partial charge on any atom is -0.380 e. The second kappa shape index (κ2) is 6.64. The number of ether oxygens (including phenoxy) is 1. The van der Waals surface area contributed by atoms with Gasteiger partial charge in [-0.25, -0.2) is 14.6 Å². The van der Waals surface area contributed by atoms with Crippen LogP contribution >= 0.6 is 11.6 Å². The molecule has 0 aliphatic carbocycles. The molecular formula is C21H25ClN6O. The number of hydrogen-bond donors (Lipinski definition) is 0. The molecule has 7 nitrogen and oxygen atoms in total. The summed E-state index contributed by atoms with van der Waals surface area (Å²) in [6.45, 7) is 10.5. The van der Waals surface area contributed by atoms with Crippen LogP contribution in [0.25, 0.3) is 11.2 Å². The Kier molecular flexibility index (Phi) is 4.29. The fraction of sp³-hybridized carbons (Fsp3) is 0.524. The number of anilines is 1. The van der Waals surface area contributed by atoms with Gasteiger partial charge in [-0.3, -0.25) is 0 Å². The molecule has 0 saturated carbocycles. The molecule has 0 bridgehead atoms. The Balaban J connectivity index is 1.59. The highest BCUT2D eigenvalue weighted by atomic mass is 35.5. The van der Waals surface area contributed by atoms with Gasteiger partial charge in [0.05, 0.1) is 19.8 Å². The van der Waals surface area contributed by atoms with E-state index in [4.69, 9.17) is 26.3 Å². The van der Waals surface area contributed by atoms with Crippen LogP contribution in [-0.2, 0) is 16.7 Å². The van der Waals surface area contributed by atoms with Crippen molar-refractivity contribution in [2.75, 3.05) is 31.2 Å². The van der Waals surface area contributed by atoms with Crippen molar-refractivity contribution in [3.63, 3.8) is 0 Å². The molecule has 1 aromatic carbocycles. The minimum atomic E-state index is -0.181. The van der Waals surface area contributed by atoms with Crippen molar-refractivity contribution in [2.45, 2.75) is 39.2 Å². The summed E-state index contributed by atoms with van der Waals surface area (Å²) in [7, 11) is 0. The van der Waals surface area contributed by atoms with Crippen molar-refractivity contribution in [3.8, 4) is 0 Å². The Morgan fingerprint density at radius 3 is 2.62 bits per heavy atom. The van der Waals surface area contributed by atoms with Gasteiger partial charge in [-0.05, 0) is 18.1 Å². The lowest BCUT2D eigenvalue weighted by Crippen LogP contribution is -2.44. The van der Waals surface area contributed by atoms with Crippen LogP contribution in [0, 0.1) is 5.41 Å². The number of halogens is 1. The van der Waals surface area contributed by atoms with Crippen LogP contribution in [0.4, 0.5) is 5.82 Å². The summed E-state index contributed by atoms with van der Waals surface area (Å²) < 4.78 is 7.32. The van der Waals surface area contributed by atoms with Gasteiger partial charge in [-0.15, -0.1) is 5.10 Å². The van der Waals surface area contributed by atoms with Crippen LogP contribution in [-0.4, -0.2) is 51.3 Å². The molecule has 0 radical (unpaired) electrons. The summed E-state index contributed by atoms with van der Waals surface area (Å²) in [6.07, 6.45) is 1.12. The van der Waals surface area contributed by atoms with Crippen LogP contribution in [0.1, 0.15) is 38.6 Å². The van der Waals surface area contributed by atoms with E-state index >= 15 is 0 Å². The minimum absolute atomic E-state index is 0.181. The molecule has 29 heavy (non-hydrogen) atoms. The average molecular weight is 413 g/mol. The first-order valence-corrected chi connectivity index (χ1v) is 10.4. The van der Waals surface area contributed by atoms with Gasteiger partial charge in [-0.2, -0.15) is 0 Å². The topological polar surface area (TPSA) is 69.0 Å². The molecule has 2 aromatic heterocycles. The predicted octanol–water partition coefficient (Wildman–Crippen LogP) is 3.45.